The van der Waals surface area contributed by atoms with Gasteiger partial charge in [0.05, 0.1) is 16.4 Å². The molecular weight excluding hydrogens is 273 g/mol. The maximum absolute atomic E-state index is 13.8. The van der Waals surface area contributed by atoms with Crippen LogP contribution in [0.2, 0.25) is 0 Å². The van der Waals surface area contributed by atoms with Crippen LogP contribution in [0.25, 0.3) is 10.9 Å². The molecule has 1 atom stereocenters. The SMILES string of the molecule is CC1CC2(CCCC2)n2c(=O)oc(=O)c3cc(F)cc1c32. The summed E-state index contributed by atoms with van der Waals surface area (Å²) in [6, 6.07) is 2.63. The zero-order chi connectivity index (χ0) is 14.8. The monoisotopic (exact) mass is 289 g/mol. The van der Waals surface area contributed by atoms with Crippen molar-refractivity contribution in [1.82, 2.24) is 4.57 Å². The minimum Gasteiger partial charge on any atom is -0.372 e. The molecule has 4 nitrogen and oxygen atoms in total. The second kappa shape index (κ2) is 4.06. The van der Waals surface area contributed by atoms with Crippen LogP contribution in [0.5, 0.6) is 0 Å². The van der Waals surface area contributed by atoms with E-state index in [0.29, 0.717) is 5.52 Å². The molecule has 1 unspecified atom stereocenters. The van der Waals surface area contributed by atoms with Crippen LogP contribution in [0.3, 0.4) is 0 Å². The van der Waals surface area contributed by atoms with Crippen LogP contribution >= 0.6 is 0 Å². The topological polar surface area (TPSA) is 52.2 Å². The molecule has 0 radical (unpaired) electrons. The quantitative estimate of drug-likeness (QED) is 0.749. The van der Waals surface area contributed by atoms with Gasteiger partial charge in [0, 0.05) is 0 Å². The van der Waals surface area contributed by atoms with Gasteiger partial charge in [0.15, 0.2) is 0 Å². The average Bonchev–Trinajstić information content (AvgIpc) is 2.86. The maximum Gasteiger partial charge on any atom is 0.422 e. The van der Waals surface area contributed by atoms with Crippen LogP contribution in [0.4, 0.5) is 4.39 Å². The summed E-state index contributed by atoms with van der Waals surface area (Å²) in [5, 5.41) is 0.183. The van der Waals surface area contributed by atoms with Crippen molar-refractivity contribution in [2.75, 3.05) is 0 Å². The summed E-state index contributed by atoms with van der Waals surface area (Å²) in [7, 11) is 0. The van der Waals surface area contributed by atoms with Gasteiger partial charge < -0.3 is 4.42 Å². The number of rotatable bonds is 0. The summed E-state index contributed by atoms with van der Waals surface area (Å²) in [5.74, 6) is -0.930. The van der Waals surface area contributed by atoms with Crippen molar-refractivity contribution in [3.8, 4) is 0 Å². The highest BCUT2D eigenvalue weighted by molar-refractivity contribution is 5.82. The Morgan fingerprint density at radius 2 is 2.00 bits per heavy atom. The van der Waals surface area contributed by atoms with Crippen molar-refractivity contribution < 1.29 is 8.81 Å². The van der Waals surface area contributed by atoms with Crippen molar-refractivity contribution >= 4 is 10.9 Å². The largest absolute Gasteiger partial charge is 0.422 e. The lowest BCUT2D eigenvalue weighted by atomic mass is 9.78. The minimum absolute atomic E-state index is 0.127. The van der Waals surface area contributed by atoms with E-state index in [1.165, 1.54) is 12.1 Å². The van der Waals surface area contributed by atoms with Gasteiger partial charge in [-0.05, 0) is 42.9 Å². The fourth-order valence-electron chi connectivity index (χ4n) is 4.34. The molecule has 110 valence electrons. The van der Waals surface area contributed by atoms with Crippen molar-refractivity contribution in [2.24, 2.45) is 0 Å². The molecule has 1 aromatic carbocycles. The summed E-state index contributed by atoms with van der Waals surface area (Å²) in [6.07, 6.45) is 4.76. The summed E-state index contributed by atoms with van der Waals surface area (Å²) in [5.41, 5.74) is 0.316. The Kier molecular flexibility index (Phi) is 2.47. The smallest absolute Gasteiger partial charge is 0.372 e. The van der Waals surface area contributed by atoms with Crippen LogP contribution in [-0.4, -0.2) is 4.57 Å². The van der Waals surface area contributed by atoms with Gasteiger partial charge in [-0.3, -0.25) is 4.57 Å². The molecule has 2 aliphatic rings. The number of nitrogens with zero attached hydrogens (tertiary/aromatic N) is 1. The molecule has 1 saturated carbocycles. The fraction of sp³-hybridized carbons (Fsp3) is 0.500. The number of fused-ring (bicyclic) bond motifs is 1. The molecule has 1 aliphatic heterocycles. The Morgan fingerprint density at radius 3 is 2.71 bits per heavy atom. The minimum atomic E-state index is -0.741. The lowest BCUT2D eigenvalue weighted by Crippen LogP contribution is -2.44. The Bertz CT molecular complexity index is 858. The molecule has 0 N–H and O–H groups in total. The molecule has 0 amide bonds. The standard InChI is InChI=1S/C16H16FNO3/c1-9-8-16(4-2-3-5-16)18-13-11(9)6-10(17)7-12(13)14(19)21-15(18)20/h6-7,9H,2-5,8H2,1H3. The average molecular weight is 289 g/mol. The normalized spacial score (nSPS) is 23.0. The Balaban J connectivity index is 2.23. The molecule has 1 aromatic heterocycles. The number of benzene rings is 1. The molecule has 2 heterocycles. The van der Waals surface area contributed by atoms with Crippen LogP contribution < -0.4 is 11.4 Å². The maximum atomic E-state index is 13.8. The lowest BCUT2D eigenvalue weighted by Gasteiger charge is -2.39. The van der Waals surface area contributed by atoms with Gasteiger partial charge in [0.1, 0.15) is 5.82 Å². The third-order valence-corrected chi connectivity index (χ3v) is 5.14. The van der Waals surface area contributed by atoms with Crippen molar-refractivity contribution in [3.63, 3.8) is 0 Å². The van der Waals surface area contributed by atoms with Crippen molar-refractivity contribution in [1.29, 1.82) is 0 Å². The van der Waals surface area contributed by atoms with E-state index in [1.807, 2.05) is 6.92 Å². The van der Waals surface area contributed by atoms with E-state index in [1.54, 1.807) is 4.57 Å². The predicted octanol–water partition coefficient (Wildman–Crippen LogP) is 2.87. The van der Waals surface area contributed by atoms with Gasteiger partial charge in [-0.25, -0.2) is 14.0 Å². The van der Waals surface area contributed by atoms with Gasteiger partial charge in [0.25, 0.3) is 0 Å². The summed E-state index contributed by atoms with van der Waals surface area (Å²) >= 11 is 0. The number of hydrogen-bond acceptors (Lipinski definition) is 3. The Hall–Kier alpha value is -1.91. The fourth-order valence-corrected chi connectivity index (χ4v) is 4.34. The van der Waals surface area contributed by atoms with E-state index in [-0.39, 0.29) is 16.8 Å². The lowest BCUT2D eigenvalue weighted by molar-refractivity contribution is 0.214. The van der Waals surface area contributed by atoms with Gasteiger partial charge in [-0.15, -0.1) is 0 Å². The summed E-state index contributed by atoms with van der Waals surface area (Å²) in [6.45, 7) is 2.04. The third kappa shape index (κ3) is 1.60. The molecule has 0 bridgehead atoms. The first-order chi connectivity index (χ1) is 10.0. The number of halogens is 1. The molecule has 21 heavy (non-hydrogen) atoms. The number of aromatic nitrogens is 1. The van der Waals surface area contributed by atoms with Gasteiger partial charge >= 0.3 is 11.4 Å². The summed E-state index contributed by atoms with van der Waals surface area (Å²) in [4.78, 5) is 24.3. The molecule has 1 aliphatic carbocycles. The molecule has 4 rings (SSSR count). The van der Waals surface area contributed by atoms with Gasteiger partial charge in [-0.2, -0.15) is 0 Å². The van der Waals surface area contributed by atoms with Gasteiger partial charge in [0.2, 0.25) is 0 Å². The zero-order valence-corrected chi connectivity index (χ0v) is 11.8. The first-order valence-electron chi connectivity index (χ1n) is 7.42. The highest BCUT2D eigenvalue weighted by atomic mass is 19.1. The van der Waals surface area contributed by atoms with Crippen molar-refractivity contribution in [3.05, 3.63) is 44.5 Å². The first kappa shape index (κ1) is 12.8. The molecule has 0 saturated heterocycles. The van der Waals surface area contributed by atoms with E-state index < -0.39 is 17.2 Å². The van der Waals surface area contributed by atoms with E-state index in [4.69, 9.17) is 4.42 Å². The molecule has 5 heteroatoms. The van der Waals surface area contributed by atoms with Gasteiger partial charge in [-0.1, -0.05) is 19.8 Å². The van der Waals surface area contributed by atoms with Crippen LogP contribution in [0.1, 0.15) is 50.5 Å². The van der Waals surface area contributed by atoms with E-state index in [9.17, 15) is 14.0 Å². The molecule has 1 fully saturated rings. The highest BCUT2D eigenvalue weighted by Crippen LogP contribution is 2.48. The Labute approximate surface area is 120 Å². The zero-order valence-electron chi connectivity index (χ0n) is 11.8. The van der Waals surface area contributed by atoms with Crippen LogP contribution in [0, 0.1) is 5.82 Å². The Morgan fingerprint density at radius 1 is 1.29 bits per heavy atom. The molecular formula is C16H16FNO3. The molecule has 2 aromatic rings. The van der Waals surface area contributed by atoms with E-state index in [0.717, 1.165) is 37.7 Å². The van der Waals surface area contributed by atoms with Crippen LogP contribution in [0.15, 0.2) is 26.1 Å². The molecule has 1 spiro atoms. The van der Waals surface area contributed by atoms with E-state index in [2.05, 4.69) is 0 Å². The predicted molar refractivity (Wildman–Crippen MR) is 76.2 cm³/mol. The highest BCUT2D eigenvalue weighted by Gasteiger charge is 2.43. The summed E-state index contributed by atoms with van der Waals surface area (Å²) < 4.78 is 20.3. The van der Waals surface area contributed by atoms with Crippen molar-refractivity contribution in [2.45, 2.75) is 50.5 Å². The number of hydrogen-bond donors (Lipinski definition) is 0. The second-order valence-electron chi connectivity index (χ2n) is 6.42. The third-order valence-electron chi connectivity index (χ3n) is 5.14. The second-order valence-corrected chi connectivity index (χ2v) is 6.42. The first-order valence-corrected chi connectivity index (χ1v) is 7.42. The van der Waals surface area contributed by atoms with E-state index >= 15 is 0 Å². The van der Waals surface area contributed by atoms with Crippen LogP contribution in [-0.2, 0) is 5.54 Å².